The van der Waals surface area contributed by atoms with E-state index in [1.165, 1.54) is 23.1 Å². The Labute approximate surface area is 202 Å². The molecule has 0 saturated heterocycles. The van der Waals surface area contributed by atoms with Gasteiger partial charge in [0.25, 0.3) is 0 Å². The van der Waals surface area contributed by atoms with Crippen LogP contribution in [0.5, 0.6) is 0 Å². The van der Waals surface area contributed by atoms with Gasteiger partial charge in [-0.15, -0.1) is 0 Å². The molecule has 0 aromatic heterocycles. The lowest BCUT2D eigenvalue weighted by molar-refractivity contribution is -0.139. The SMILES string of the molecule is CCc1ccc(N(CC(=O)N(Cc2ccccc2F)C(C)C(=O)NC(C)CC)S(C)(=O)=O)cc1. The first-order chi connectivity index (χ1) is 16.0. The van der Waals surface area contributed by atoms with Crippen molar-refractivity contribution >= 4 is 27.5 Å². The topological polar surface area (TPSA) is 86.8 Å². The summed E-state index contributed by atoms with van der Waals surface area (Å²) >= 11 is 0. The molecule has 0 aliphatic rings. The van der Waals surface area contributed by atoms with E-state index in [9.17, 15) is 22.4 Å². The Bertz CT molecular complexity index is 1090. The number of amides is 2. The molecule has 1 N–H and O–H groups in total. The third kappa shape index (κ3) is 7.28. The fourth-order valence-corrected chi connectivity index (χ4v) is 4.22. The van der Waals surface area contributed by atoms with Gasteiger partial charge in [0, 0.05) is 18.2 Å². The van der Waals surface area contributed by atoms with Crippen LogP contribution in [0.15, 0.2) is 48.5 Å². The minimum Gasteiger partial charge on any atom is -0.352 e. The summed E-state index contributed by atoms with van der Waals surface area (Å²) in [5.74, 6) is -1.51. The van der Waals surface area contributed by atoms with Gasteiger partial charge in [-0.1, -0.05) is 44.2 Å². The highest BCUT2D eigenvalue weighted by molar-refractivity contribution is 7.92. The van der Waals surface area contributed by atoms with E-state index in [1.807, 2.05) is 20.8 Å². The van der Waals surface area contributed by atoms with Crippen molar-refractivity contribution in [1.29, 1.82) is 0 Å². The van der Waals surface area contributed by atoms with Crippen LogP contribution in [0.4, 0.5) is 10.1 Å². The lowest BCUT2D eigenvalue weighted by Gasteiger charge is -2.32. The minimum atomic E-state index is -3.80. The normalized spacial score (nSPS) is 13.1. The molecule has 2 amide bonds. The van der Waals surface area contributed by atoms with Gasteiger partial charge in [-0.3, -0.25) is 13.9 Å². The average Bonchev–Trinajstić information content (AvgIpc) is 2.80. The maximum absolute atomic E-state index is 14.4. The van der Waals surface area contributed by atoms with Crippen molar-refractivity contribution in [3.05, 3.63) is 65.5 Å². The molecule has 2 atom stereocenters. The standard InChI is InChI=1S/C25H34FN3O4S/c1-6-18(3)27-25(31)19(4)28(16-21-10-8-9-11-23(21)26)24(30)17-29(34(5,32)33)22-14-12-20(7-2)13-15-22/h8-15,18-19H,6-7,16-17H2,1-5H3,(H,27,31). The van der Waals surface area contributed by atoms with Crippen molar-refractivity contribution in [2.24, 2.45) is 0 Å². The largest absolute Gasteiger partial charge is 0.352 e. The van der Waals surface area contributed by atoms with Gasteiger partial charge in [0.05, 0.1) is 11.9 Å². The Morgan fingerprint density at radius 3 is 2.18 bits per heavy atom. The van der Waals surface area contributed by atoms with Gasteiger partial charge in [0.2, 0.25) is 21.8 Å². The van der Waals surface area contributed by atoms with Crippen LogP contribution in [0.3, 0.4) is 0 Å². The third-order valence-corrected chi connectivity index (χ3v) is 6.92. The smallest absolute Gasteiger partial charge is 0.244 e. The van der Waals surface area contributed by atoms with Crippen LogP contribution in [0.2, 0.25) is 0 Å². The molecule has 0 aliphatic heterocycles. The van der Waals surface area contributed by atoms with Crippen LogP contribution < -0.4 is 9.62 Å². The van der Waals surface area contributed by atoms with Gasteiger partial charge < -0.3 is 10.2 Å². The highest BCUT2D eigenvalue weighted by Crippen LogP contribution is 2.20. The molecule has 0 spiro atoms. The summed E-state index contributed by atoms with van der Waals surface area (Å²) < 4.78 is 40.5. The Morgan fingerprint density at radius 2 is 1.65 bits per heavy atom. The molecule has 0 aliphatic carbocycles. The Morgan fingerprint density at radius 1 is 1.03 bits per heavy atom. The molecule has 0 fully saturated rings. The van der Waals surface area contributed by atoms with Crippen LogP contribution in [0, 0.1) is 5.82 Å². The zero-order chi connectivity index (χ0) is 25.5. The van der Waals surface area contributed by atoms with E-state index < -0.39 is 40.2 Å². The summed E-state index contributed by atoms with van der Waals surface area (Å²) in [7, 11) is -3.80. The summed E-state index contributed by atoms with van der Waals surface area (Å²) in [6.07, 6.45) is 2.51. The van der Waals surface area contributed by atoms with Gasteiger partial charge >= 0.3 is 0 Å². The van der Waals surface area contributed by atoms with Crippen molar-refractivity contribution in [1.82, 2.24) is 10.2 Å². The molecule has 2 aromatic rings. The monoisotopic (exact) mass is 491 g/mol. The fraction of sp³-hybridized carbons (Fsp3) is 0.440. The fourth-order valence-electron chi connectivity index (χ4n) is 3.37. The molecule has 0 heterocycles. The van der Waals surface area contributed by atoms with E-state index in [1.54, 1.807) is 37.3 Å². The predicted octanol–water partition coefficient (Wildman–Crippen LogP) is 3.49. The first-order valence-electron chi connectivity index (χ1n) is 11.4. The van der Waals surface area contributed by atoms with Gasteiger partial charge in [-0.2, -0.15) is 0 Å². The van der Waals surface area contributed by atoms with E-state index in [0.29, 0.717) is 12.1 Å². The highest BCUT2D eigenvalue weighted by Gasteiger charge is 2.30. The average molecular weight is 492 g/mol. The number of hydrogen-bond acceptors (Lipinski definition) is 4. The van der Waals surface area contributed by atoms with E-state index in [4.69, 9.17) is 0 Å². The summed E-state index contributed by atoms with van der Waals surface area (Å²) in [6.45, 7) is 6.62. The Kier molecular flexibility index (Phi) is 9.61. The van der Waals surface area contributed by atoms with E-state index in [-0.39, 0.29) is 18.2 Å². The third-order valence-electron chi connectivity index (χ3n) is 5.78. The van der Waals surface area contributed by atoms with Crippen molar-refractivity contribution < 1.29 is 22.4 Å². The summed E-state index contributed by atoms with van der Waals surface area (Å²) in [4.78, 5) is 27.5. The Balaban J connectivity index is 2.39. The van der Waals surface area contributed by atoms with Gasteiger partial charge in [-0.05, 0) is 50.5 Å². The molecule has 2 rings (SSSR count). The number of halogens is 1. The maximum Gasteiger partial charge on any atom is 0.244 e. The van der Waals surface area contributed by atoms with E-state index >= 15 is 0 Å². The second-order valence-electron chi connectivity index (χ2n) is 8.40. The molecule has 186 valence electrons. The Hall–Kier alpha value is -2.94. The first kappa shape index (κ1) is 27.3. The number of carbonyl (C=O) groups excluding carboxylic acids is 2. The second-order valence-corrected chi connectivity index (χ2v) is 10.3. The van der Waals surface area contributed by atoms with Crippen molar-refractivity contribution in [2.75, 3.05) is 17.1 Å². The molecule has 2 aromatic carbocycles. The molecule has 0 saturated carbocycles. The number of rotatable bonds is 11. The molecule has 2 unspecified atom stereocenters. The van der Waals surface area contributed by atoms with Crippen molar-refractivity contribution in [2.45, 2.75) is 59.2 Å². The van der Waals surface area contributed by atoms with Gasteiger partial charge in [0.15, 0.2) is 0 Å². The number of benzene rings is 2. The van der Waals surface area contributed by atoms with E-state index in [2.05, 4.69) is 5.32 Å². The molecule has 0 radical (unpaired) electrons. The van der Waals surface area contributed by atoms with Crippen LogP contribution in [0.25, 0.3) is 0 Å². The second kappa shape index (κ2) is 12.0. The molecule has 0 bridgehead atoms. The first-order valence-corrected chi connectivity index (χ1v) is 13.2. The number of aryl methyl sites for hydroxylation is 1. The number of carbonyl (C=O) groups is 2. The molecular formula is C25H34FN3O4S. The lowest BCUT2D eigenvalue weighted by Crippen LogP contribution is -2.52. The molecule has 7 nitrogen and oxygen atoms in total. The zero-order valence-electron chi connectivity index (χ0n) is 20.4. The van der Waals surface area contributed by atoms with Crippen LogP contribution in [-0.2, 0) is 32.6 Å². The molecular weight excluding hydrogens is 457 g/mol. The number of nitrogens with zero attached hydrogens (tertiary/aromatic N) is 2. The van der Waals surface area contributed by atoms with Crippen molar-refractivity contribution in [3.63, 3.8) is 0 Å². The van der Waals surface area contributed by atoms with Gasteiger partial charge in [0.1, 0.15) is 18.4 Å². The van der Waals surface area contributed by atoms with Crippen LogP contribution in [-0.4, -0.2) is 50.0 Å². The minimum absolute atomic E-state index is 0.107. The summed E-state index contributed by atoms with van der Waals surface area (Å²) in [5.41, 5.74) is 1.60. The van der Waals surface area contributed by atoms with E-state index in [0.717, 1.165) is 22.5 Å². The van der Waals surface area contributed by atoms with Crippen molar-refractivity contribution in [3.8, 4) is 0 Å². The highest BCUT2D eigenvalue weighted by atomic mass is 32.2. The van der Waals surface area contributed by atoms with Gasteiger partial charge in [-0.25, -0.2) is 12.8 Å². The number of nitrogens with one attached hydrogen (secondary N) is 1. The predicted molar refractivity (Wildman–Crippen MR) is 132 cm³/mol. The number of sulfonamides is 1. The lowest BCUT2D eigenvalue weighted by atomic mass is 10.1. The maximum atomic E-state index is 14.4. The number of anilines is 1. The van der Waals surface area contributed by atoms with Crippen LogP contribution >= 0.6 is 0 Å². The summed E-state index contributed by atoms with van der Waals surface area (Å²) in [5, 5.41) is 2.83. The van der Waals surface area contributed by atoms with Crippen LogP contribution in [0.1, 0.15) is 45.2 Å². The molecule has 34 heavy (non-hydrogen) atoms. The quantitative estimate of drug-likeness (QED) is 0.521. The zero-order valence-corrected chi connectivity index (χ0v) is 21.2. The summed E-state index contributed by atoms with van der Waals surface area (Å²) in [6, 6.07) is 11.8. The number of hydrogen-bond donors (Lipinski definition) is 1. The molecule has 9 heteroatoms.